The Morgan fingerprint density at radius 3 is 2.71 bits per heavy atom. The molecule has 0 aromatic heterocycles. The molecule has 0 aliphatic heterocycles. The van der Waals surface area contributed by atoms with E-state index in [1.54, 1.807) is 11.1 Å². The summed E-state index contributed by atoms with van der Waals surface area (Å²) in [6.45, 7) is 2.30. The summed E-state index contributed by atoms with van der Waals surface area (Å²) in [6.07, 6.45) is 8.78. The molecule has 0 radical (unpaired) electrons. The highest BCUT2D eigenvalue weighted by Gasteiger charge is 2.39. The van der Waals surface area contributed by atoms with Crippen molar-refractivity contribution in [2.24, 2.45) is 5.73 Å². The lowest BCUT2D eigenvalue weighted by atomic mass is 9.87. The van der Waals surface area contributed by atoms with Gasteiger partial charge in [0.2, 0.25) is 0 Å². The predicted molar refractivity (Wildman–Crippen MR) is 72.3 cm³/mol. The first-order valence-corrected chi connectivity index (χ1v) is 7.11. The van der Waals surface area contributed by atoms with E-state index in [-0.39, 0.29) is 5.54 Å². The summed E-state index contributed by atoms with van der Waals surface area (Å²) in [4.78, 5) is 0. The number of hydrogen-bond acceptors (Lipinski definition) is 1. The van der Waals surface area contributed by atoms with Crippen LogP contribution < -0.4 is 5.73 Å². The van der Waals surface area contributed by atoms with Gasteiger partial charge < -0.3 is 5.73 Å². The first-order chi connectivity index (χ1) is 8.20. The minimum absolute atomic E-state index is 0.180. The Balaban J connectivity index is 1.81. The predicted octanol–water partition coefficient (Wildman–Crippen LogP) is 3.55. The van der Waals surface area contributed by atoms with Crippen LogP contribution >= 0.6 is 0 Å². The molecular weight excluding hydrogens is 206 g/mol. The molecular formula is C16H23N. The van der Waals surface area contributed by atoms with Crippen molar-refractivity contribution in [3.05, 3.63) is 34.9 Å². The van der Waals surface area contributed by atoms with Gasteiger partial charge >= 0.3 is 0 Å². The lowest BCUT2D eigenvalue weighted by Crippen LogP contribution is -2.24. The van der Waals surface area contributed by atoms with Gasteiger partial charge in [0.1, 0.15) is 0 Å². The van der Waals surface area contributed by atoms with Gasteiger partial charge in [-0.25, -0.2) is 0 Å². The highest BCUT2D eigenvalue weighted by molar-refractivity contribution is 5.37. The van der Waals surface area contributed by atoms with E-state index in [0.717, 1.165) is 0 Å². The SMILES string of the molecule is CCC(CC1(N)CC1)c1ccc2c(c1)CCC2. The fourth-order valence-electron chi connectivity index (χ4n) is 3.20. The summed E-state index contributed by atoms with van der Waals surface area (Å²) in [5.41, 5.74) is 11.2. The zero-order valence-electron chi connectivity index (χ0n) is 10.8. The third kappa shape index (κ3) is 2.26. The van der Waals surface area contributed by atoms with Crippen LogP contribution in [0.2, 0.25) is 0 Å². The molecule has 0 bridgehead atoms. The zero-order chi connectivity index (χ0) is 11.9. The normalized spacial score (nSPS) is 22.2. The quantitative estimate of drug-likeness (QED) is 0.839. The highest BCUT2D eigenvalue weighted by Crippen LogP contribution is 2.42. The van der Waals surface area contributed by atoms with Gasteiger partial charge in [-0.3, -0.25) is 0 Å². The maximum atomic E-state index is 6.27. The van der Waals surface area contributed by atoms with Crippen molar-refractivity contribution >= 4 is 0 Å². The second kappa shape index (κ2) is 4.13. The molecule has 1 aromatic carbocycles. The van der Waals surface area contributed by atoms with Gasteiger partial charge in [0.25, 0.3) is 0 Å². The first-order valence-electron chi connectivity index (χ1n) is 7.11. The molecule has 1 fully saturated rings. The van der Waals surface area contributed by atoms with Crippen molar-refractivity contribution < 1.29 is 0 Å². The molecule has 0 heterocycles. The Bertz CT molecular complexity index is 418. The molecule has 1 nitrogen and oxygen atoms in total. The number of nitrogens with two attached hydrogens (primary N) is 1. The van der Waals surface area contributed by atoms with E-state index in [4.69, 9.17) is 5.73 Å². The van der Waals surface area contributed by atoms with Gasteiger partial charge in [0, 0.05) is 5.54 Å². The Labute approximate surface area is 104 Å². The molecule has 0 spiro atoms. The Hall–Kier alpha value is -0.820. The molecule has 0 saturated heterocycles. The van der Waals surface area contributed by atoms with Crippen LogP contribution in [-0.2, 0) is 12.8 Å². The van der Waals surface area contributed by atoms with Gasteiger partial charge in [-0.05, 0) is 67.6 Å². The Morgan fingerprint density at radius 2 is 2.00 bits per heavy atom. The molecule has 0 amide bonds. The Kier molecular flexibility index (Phi) is 2.74. The number of rotatable bonds is 4. The number of hydrogen-bond donors (Lipinski definition) is 1. The smallest absolute Gasteiger partial charge is 0.0161 e. The minimum atomic E-state index is 0.180. The largest absolute Gasteiger partial charge is 0.325 e. The van der Waals surface area contributed by atoms with E-state index >= 15 is 0 Å². The van der Waals surface area contributed by atoms with Gasteiger partial charge in [-0.15, -0.1) is 0 Å². The van der Waals surface area contributed by atoms with E-state index in [2.05, 4.69) is 25.1 Å². The maximum absolute atomic E-state index is 6.27. The molecule has 2 aliphatic rings. The van der Waals surface area contributed by atoms with Crippen molar-refractivity contribution in [2.75, 3.05) is 0 Å². The molecule has 92 valence electrons. The van der Waals surface area contributed by atoms with Crippen LogP contribution in [-0.4, -0.2) is 5.54 Å². The molecule has 2 aliphatic carbocycles. The van der Waals surface area contributed by atoms with Crippen LogP contribution in [0, 0.1) is 0 Å². The molecule has 1 heteroatoms. The number of aryl methyl sites for hydroxylation is 2. The molecule has 1 unspecified atom stereocenters. The third-order valence-electron chi connectivity index (χ3n) is 4.63. The van der Waals surface area contributed by atoms with Crippen molar-refractivity contribution in [3.8, 4) is 0 Å². The fraction of sp³-hybridized carbons (Fsp3) is 0.625. The fourth-order valence-corrected chi connectivity index (χ4v) is 3.20. The van der Waals surface area contributed by atoms with Crippen LogP contribution in [0.25, 0.3) is 0 Å². The van der Waals surface area contributed by atoms with Crippen LogP contribution in [0.3, 0.4) is 0 Å². The van der Waals surface area contributed by atoms with E-state index in [0.29, 0.717) is 5.92 Å². The van der Waals surface area contributed by atoms with E-state index in [9.17, 15) is 0 Å². The average Bonchev–Trinajstić information content (AvgIpc) is 2.90. The van der Waals surface area contributed by atoms with E-state index in [1.165, 1.54) is 50.5 Å². The first kappa shape index (κ1) is 11.3. The second-order valence-corrected chi connectivity index (χ2v) is 6.05. The van der Waals surface area contributed by atoms with Gasteiger partial charge in [-0.2, -0.15) is 0 Å². The molecule has 3 rings (SSSR count). The van der Waals surface area contributed by atoms with E-state index in [1.807, 2.05) is 0 Å². The third-order valence-corrected chi connectivity index (χ3v) is 4.63. The number of fused-ring (bicyclic) bond motifs is 1. The Morgan fingerprint density at radius 1 is 1.24 bits per heavy atom. The standard InChI is InChI=1S/C16H23N/c1-2-12(11-16(17)8-9-16)15-7-6-13-4-3-5-14(13)10-15/h6-7,10,12H,2-5,8-9,11,17H2,1H3. The van der Waals surface area contributed by atoms with Crippen LogP contribution in [0.1, 0.15) is 61.6 Å². The average molecular weight is 229 g/mol. The van der Waals surface area contributed by atoms with Crippen LogP contribution in [0.15, 0.2) is 18.2 Å². The van der Waals surface area contributed by atoms with Gasteiger partial charge in [0.05, 0.1) is 0 Å². The van der Waals surface area contributed by atoms with Gasteiger partial charge in [-0.1, -0.05) is 25.1 Å². The van der Waals surface area contributed by atoms with Crippen molar-refractivity contribution in [1.29, 1.82) is 0 Å². The summed E-state index contributed by atoms with van der Waals surface area (Å²) in [7, 11) is 0. The highest BCUT2D eigenvalue weighted by atomic mass is 14.8. The van der Waals surface area contributed by atoms with Crippen molar-refractivity contribution in [1.82, 2.24) is 0 Å². The lowest BCUT2D eigenvalue weighted by molar-refractivity contribution is 0.505. The molecule has 2 N–H and O–H groups in total. The number of benzene rings is 1. The summed E-state index contributed by atoms with van der Waals surface area (Å²) in [6, 6.07) is 7.17. The molecule has 1 atom stereocenters. The summed E-state index contributed by atoms with van der Waals surface area (Å²) in [5.74, 6) is 0.674. The summed E-state index contributed by atoms with van der Waals surface area (Å²) >= 11 is 0. The van der Waals surface area contributed by atoms with Crippen molar-refractivity contribution in [2.45, 2.75) is 63.3 Å². The zero-order valence-corrected chi connectivity index (χ0v) is 10.8. The second-order valence-electron chi connectivity index (χ2n) is 6.05. The molecule has 1 aromatic rings. The van der Waals surface area contributed by atoms with Crippen LogP contribution in [0.5, 0.6) is 0 Å². The molecule has 17 heavy (non-hydrogen) atoms. The summed E-state index contributed by atoms with van der Waals surface area (Å²) < 4.78 is 0. The maximum Gasteiger partial charge on any atom is 0.0161 e. The van der Waals surface area contributed by atoms with Crippen molar-refractivity contribution in [3.63, 3.8) is 0 Å². The lowest BCUT2D eigenvalue weighted by Gasteiger charge is -2.20. The summed E-state index contributed by atoms with van der Waals surface area (Å²) in [5, 5.41) is 0. The van der Waals surface area contributed by atoms with Gasteiger partial charge in [0.15, 0.2) is 0 Å². The molecule has 1 saturated carbocycles. The monoisotopic (exact) mass is 229 g/mol. The topological polar surface area (TPSA) is 26.0 Å². The van der Waals surface area contributed by atoms with Crippen LogP contribution in [0.4, 0.5) is 0 Å². The minimum Gasteiger partial charge on any atom is -0.325 e. The van der Waals surface area contributed by atoms with E-state index < -0.39 is 0 Å².